The Morgan fingerprint density at radius 2 is 1.89 bits per heavy atom. The molecule has 0 aliphatic carbocycles. The van der Waals surface area contributed by atoms with E-state index >= 15 is 0 Å². The summed E-state index contributed by atoms with van der Waals surface area (Å²) in [5.74, 6) is 0.658. The Labute approximate surface area is 162 Å². The zero-order valence-electron chi connectivity index (χ0n) is 16.3. The molecule has 0 aliphatic heterocycles. The highest BCUT2D eigenvalue weighted by atomic mass is 16.6. The predicted octanol–water partition coefficient (Wildman–Crippen LogP) is 4.53. The molecule has 146 valence electrons. The Bertz CT molecular complexity index is 1070. The number of ether oxygens (including phenoxy) is 3. The van der Waals surface area contributed by atoms with Gasteiger partial charge in [0.1, 0.15) is 23.3 Å². The monoisotopic (exact) mass is 382 g/mol. The molecule has 1 heterocycles. The van der Waals surface area contributed by atoms with E-state index in [4.69, 9.17) is 18.6 Å². The second-order valence-corrected chi connectivity index (χ2v) is 6.47. The molecule has 3 aromatic rings. The molecule has 28 heavy (non-hydrogen) atoms. The van der Waals surface area contributed by atoms with E-state index in [0.717, 1.165) is 11.1 Å². The summed E-state index contributed by atoms with van der Waals surface area (Å²) in [6.45, 7) is 7.47. The molecule has 2 aromatic carbocycles. The fourth-order valence-corrected chi connectivity index (χ4v) is 2.68. The number of rotatable bonds is 6. The van der Waals surface area contributed by atoms with Crippen LogP contribution in [0.25, 0.3) is 11.0 Å². The lowest BCUT2D eigenvalue weighted by Gasteiger charge is -2.13. The molecular weight excluding hydrogens is 360 g/mol. The molecular formula is C22H22O6. The summed E-state index contributed by atoms with van der Waals surface area (Å²) in [4.78, 5) is 24.5. The van der Waals surface area contributed by atoms with Crippen LogP contribution in [-0.4, -0.2) is 18.7 Å². The Morgan fingerprint density at radius 1 is 1.11 bits per heavy atom. The molecule has 6 nitrogen and oxygen atoms in total. The van der Waals surface area contributed by atoms with Crippen LogP contribution in [0.5, 0.6) is 17.2 Å². The molecule has 1 atom stereocenters. The number of carbonyl (C=O) groups excluding carboxylic acids is 1. The Morgan fingerprint density at radius 3 is 2.64 bits per heavy atom. The van der Waals surface area contributed by atoms with Crippen LogP contribution >= 0.6 is 0 Å². The summed E-state index contributed by atoms with van der Waals surface area (Å²) in [7, 11) is 0. The third-order valence-electron chi connectivity index (χ3n) is 4.21. The minimum Gasteiger partial charge on any atom is -0.479 e. The van der Waals surface area contributed by atoms with Crippen molar-refractivity contribution in [2.75, 3.05) is 6.61 Å². The first kappa shape index (κ1) is 19.5. The summed E-state index contributed by atoms with van der Waals surface area (Å²) in [5.41, 5.74) is 2.00. The largest absolute Gasteiger partial charge is 0.479 e. The molecule has 3 rings (SSSR count). The normalized spacial score (nSPS) is 11.9. The number of aryl methyl sites for hydroxylation is 2. The van der Waals surface area contributed by atoms with Gasteiger partial charge in [0.05, 0.1) is 12.0 Å². The number of hydrogen-bond donors (Lipinski definition) is 0. The van der Waals surface area contributed by atoms with E-state index < -0.39 is 12.1 Å². The lowest BCUT2D eigenvalue weighted by molar-refractivity contribution is -0.150. The third kappa shape index (κ3) is 4.17. The average molecular weight is 382 g/mol. The van der Waals surface area contributed by atoms with Crippen molar-refractivity contribution in [1.82, 2.24) is 0 Å². The zero-order chi connectivity index (χ0) is 20.3. The molecule has 0 saturated heterocycles. The van der Waals surface area contributed by atoms with Gasteiger partial charge in [-0.1, -0.05) is 12.1 Å². The van der Waals surface area contributed by atoms with Gasteiger partial charge in [0.25, 0.3) is 0 Å². The van der Waals surface area contributed by atoms with Crippen LogP contribution in [0.2, 0.25) is 0 Å². The van der Waals surface area contributed by atoms with Crippen LogP contribution in [0, 0.1) is 13.8 Å². The van der Waals surface area contributed by atoms with Gasteiger partial charge in [0, 0.05) is 6.07 Å². The highest BCUT2D eigenvalue weighted by molar-refractivity contribution is 5.79. The lowest BCUT2D eigenvalue weighted by atomic mass is 10.1. The Hall–Kier alpha value is -3.28. The number of benzene rings is 2. The second kappa shape index (κ2) is 8.17. The Kier molecular flexibility index (Phi) is 5.68. The summed E-state index contributed by atoms with van der Waals surface area (Å²) >= 11 is 0. The van der Waals surface area contributed by atoms with Crippen molar-refractivity contribution in [2.24, 2.45) is 0 Å². The van der Waals surface area contributed by atoms with Gasteiger partial charge in [-0.25, -0.2) is 4.79 Å². The van der Waals surface area contributed by atoms with Crippen LogP contribution in [-0.2, 0) is 9.53 Å². The second-order valence-electron chi connectivity index (χ2n) is 6.47. The molecule has 0 fully saturated rings. The highest BCUT2D eigenvalue weighted by Gasteiger charge is 2.17. The molecule has 0 saturated carbocycles. The maximum absolute atomic E-state index is 12.8. The highest BCUT2D eigenvalue weighted by Crippen LogP contribution is 2.27. The van der Waals surface area contributed by atoms with Gasteiger partial charge in [-0.05, 0) is 57.0 Å². The summed E-state index contributed by atoms with van der Waals surface area (Å²) < 4.78 is 21.8. The van der Waals surface area contributed by atoms with Gasteiger partial charge < -0.3 is 18.6 Å². The molecule has 0 unspecified atom stereocenters. The van der Waals surface area contributed by atoms with E-state index in [9.17, 15) is 9.59 Å². The number of fused-ring (bicyclic) bond motifs is 1. The van der Waals surface area contributed by atoms with E-state index in [-0.39, 0.29) is 17.8 Å². The third-order valence-corrected chi connectivity index (χ3v) is 4.21. The van der Waals surface area contributed by atoms with E-state index in [2.05, 4.69) is 0 Å². The molecule has 0 bridgehead atoms. The number of hydrogen-bond acceptors (Lipinski definition) is 6. The number of esters is 1. The van der Waals surface area contributed by atoms with Crippen LogP contribution in [0.1, 0.15) is 25.0 Å². The zero-order valence-corrected chi connectivity index (χ0v) is 16.3. The van der Waals surface area contributed by atoms with E-state index in [1.54, 1.807) is 32.0 Å². The summed E-state index contributed by atoms with van der Waals surface area (Å²) in [6.07, 6.45) is 0.515. The fourth-order valence-electron chi connectivity index (χ4n) is 2.68. The van der Waals surface area contributed by atoms with Crippen molar-refractivity contribution in [2.45, 2.75) is 33.8 Å². The molecule has 0 amide bonds. The quantitative estimate of drug-likeness (QED) is 0.583. The van der Waals surface area contributed by atoms with E-state index in [1.165, 1.54) is 6.26 Å². The van der Waals surface area contributed by atoms with Crippen molar-refractivity contribution < 1.29 is 23.4 Å². The first-order valence-corrected chi connectivity index (χ1v) is 9.03. The van der Waals surface area contributed by atoms with Crippen molar-refractivity contribution in [1.29, 1.82) is 0 Å². The topological polar surface area (TPSA) is 75.0 Å². The van der Waals surface area contributed by atoms with Gasteiger partial charge in [-0.2, -0.15) is 0 Å². The molecule has 1 aromatic heterocycles. The van der Waals surface area contributed by atoms with Crippen LogP contribution < -0.4 is 14.9 Å². The minimum absolute atomic E-state index is 0.106. The SMILES string of the molecule is CCOC(=O)[C@@H](C)Oc1ccc2c(=O)c(Oc3cc(C)ccc3C)coc2c1. The summed E-state index contributed by atoms with van der Waals surface area (Å²) in [6, 6.07) is 10.5. The smallest absolute Gasteiger partial charge is 0.347 e. The molecule has 0 radical (unpaired) electrons. The predicted molar refractivity (Wildman–Crippen MR) is 105 cm³/mol. The van der Waals surface area contributed by atoms with Crippen molar-refractivity contribution in [3.8, 4) is 17.2 Å². The first-order chi connectivity index (χ1) is 13.4. The molecule has 0 spiro atoms. The average Bonchev–Trinajstić information content (AvgIpc) is 2.67. The van der Waals surface area contributed by atoms with Gasteiger partial charge in [-0.3, -0.25) is 4.79 Å². The van der Waals surface area contributed by atoms with Gasteiger partial charge in [0.15, 0.2) is 6.10 Å². The maximum Gasteiger partial charge on any atom is 0.347 e. The molecule has 0 N–H and O–H groups in total. The maximum atomic E-state index is 12.8. The van der Waals surface area contributed by atoms with Crippen molar-refractivity contribution in [3.05, 3.63) is 64.0 Å². The van der Waals surface area contributed by atoms with E-state index in [1.807, 2.05) is 32.0 Å². The van der Waals surface area contributed by atoms with Gasteiger partial charge in [0.2, 0.25) is 11.2 Å². The van der Waals surface area contributed by atoms with Crippen LogP contribution in [0.4, 0.5) is 0 Å². The van der Waals surface area contributed by atoms with Crippen LogP contribution in [0.15, 0.2) is 51.9 Å². The minimum atomic E-state index is -0.768. The molecule has 0 aliphatic rings. The van der Waals surface area contributed by atoms with E-state index in [0.29, 0.717) is 22.5 Å². The van der Waals surface area contributed by atoms with Crippen molar-refractivity contribution >= 4 is 16.9 Å². The van der Waals surface area contributed by atoms with Gasteiger partial charge in [-0.15, -0.1) is 0 Å². The lowest BCUT2D eigenvalue weighted by Crippen LogP contribution is -2.26. The van der Waals surface area contributed by atoms with Crippen LogP contribution in [0.3, 0.4) is 0 Å². The first-order valence-electron chi connectivity index (χ1n) is 9.03. The summed E-state index contributed by atoms with van der Waals surface area (Å²) in [5, 5.41) is 0.360. The Balaban J connectivity index is 1.87. The number of carbonyl (C=O) groups is 1. The van der Waals surface area contributed by atoms with Crippen molar-refractivity contribution in [3.63, 3.8) is 0 Å². The standard InChI is InChI=1S/C22H22O6/c1-5-25-22(24)15(4)27-16-8-9-17-19(11-16)26-12-20(21(17)23)28-18-10-13(2)6-7-14(18)3/h6-12,15H,5H2,1-4H3/t15-/m1/s1. The van der Waals surface area contributed by atoms with Gasteiger partial charge >= 0.3 is 5.97 Å². The molecule has 6 heteroatoms. The fraction of sp³-hybridized carbons (Fsp3) is 0.273.